The first kappa shape index (κ1) is 15.1. The standard InChI is InChI=1S/C16H15BrClNO/c1-11-13(7-5-9-15(11)18)16(20)19(2)10-12-6-3-4-8-14(12)17/h3-9H,10H2,1-2H3. The lowest BCUT2D eigenvalue weighted by atomic mass is 10.1. The van der Waals surface area contributed by atoms with Crippen LogP contribution in [0.3, 0.4) is 0 Å². The van der Waals surface area contributed by atoms with Crippen LogP contribution in [0, 0.1) is 6.92 Å². The van der Waals surface area contributed by atoms with Crippen molar-refractivity contribution in [3.63, 3.8) is 0 Å². The molecule has 0 bridgehead atoms. The van der Waals surface area contributed by atoms with E-state index in [1.54, 1.807) is 30.1 Å². The molecule has 0 heterocycles. The van der Waals surface area contributed by atoms with Gasteiger partial charge in [0, 0.05) is 28.7 Å². The molecule has 0 unspecified atom stereocenters. The third-order valence-corrected chi connectivity index (χ3v) is 4.39. The van der Waals surface area contributed by atoms with Gasteiger partial charge in [0.05, 0.1) is 0 Å². The third-order valence-electron chi connectivity index (χ3n) is 3.21. The van der Waals surface area contributed by atoms with Gasteiger partial charge in [-0.2, -0.15) is 0 Å². The van der Waals surface area contributed by atoms with Crippen LogP contribution in [0.5, 0.6) is 0 Å². The van der Waals surface area contributed by atoms with E-state index in [-0.39, 0.29) is 5.91 Å². The molecule has 0 aliphatic heterocycles. The molecule has 0 saturated carbocycles. The van der Waals surface area contributed by atoms with Gasteiger partial charge in [-0.25, -0.2) is 0 Å². The topological polar surface area (TPSA) is 20.3 Å². The van der Waals surface area contributed by atoms with Crippen molar-refractivity contribution in [1.82, 2.24) is 4.90 Å². The van der Waals surface area contributed by atoms with Gasteiger partial charge < -0.3 is 4.90 Å². The Morgan fingerprint density at radius 2 is 1.90 bits per heavy atom. The van der Waals surface area contributed by atoms with E-state index in [4.69, 9.17) is 11.6 Å². The first-order valence-electron chi connectivity index (χ1n) is 6.24. The number of rotatable bonds is 3. The van der Waals surface area contributed by atoms with Crippen molar-refractivity contribution in [2.45, 2.75) is 13.5 Å². The van der Waals surface area contributed by atoms with Crippen molar-refractivity contribution in [2.75, 3.05) is 7.05 Å². The Hall–Kier alpha value is -1.32. The molecule has 2 nitrogen and oxygen atoms in total. The molecule has 2 aromatic rings. The van der Waals surface area contributed by atoms with Crippen LogP contribution in [0.15, 0.2) is 46.9 Å². The van der Waals surface area contributed by atoms with E-state index in [1.165, 1.54) is 0 Å². The van der Waals surface area contributed by atoms with Crippen molar-refractivity contribution in [3.05, 3.63) is 68.7 Å². The molecular weight excluding hydrogens is 338 g/mol. The van der Waals surface area contributed by atoms with Gasteiger partial charge in [-0.3, -0.25) is 4.79 Å². The second-order valence-corrected chi connectivity index (χ2v) is 5.93. The summed E-state index contributed by atoms with van der Waals surface area (Å²) in [6.07, 6.45) is 0. The van der Waals surface area contributed by atoms with E-state index in [0.29, 0.717) is 17.1 Å². The highest BCUT2D eigenvalue weighted by Gasteiger charge is 2.16. The molecular formula is C16H15BrClNO. The van der Waals surface area contributed by atoms with Crippen molar-refractivity contribution in [3.8, 4) is 0 Å². The number of carbonyl (C=O) groups is 1. The summed E-state index contributed by atoms with van der Waals surface area (Å²) in [4.78, 5) is 14.2. The summed E-state index contributed by atoms with van der Waals surface area (Å²) in [7, 11) is 1.79. The maximum Gasteiger partial charge on any atom is 0.254 e. The van der Waals surface area contributed by atoms with E-state index >= 15 is 0 Å². The fourth-order valence-corrected chi connectivity index (χ4v) is 2.58. The summed E-state index contributed by atoms with van der Waals surface area (Å²) in [6.45, 7) is 2.41. The summed E-state index contributed by atoms with van der Waals surface area (Å²) in [5.74, 6) is -0.0271. The summed E-state index contributed by atoms with van der Waals surface area (Å²) in [6, 6.07) is 13.3. The van der Waals surface area contributed by atoms with Gasteiger partial charge in [0.25, 0.3) is 5.91 Å². The molecule has 0 aliphatic carbocycles. The van der Waals surface area contributed by atoms with Crippen LogP contribution in [0.25, 0.3) is 0 Å². The SMILES string of the molecule is Cc1c(Cl)cccc1C(=O)N(C)Cc1ccccc1Br. The Labute approximate surface area is 132 Å². The van der Waals surface area contributed by atoms with Crippen LogP contribution in [0.1, 0.15) is 21.5 Å². The van der Waals surface area contributed by atoms with Crippen molar-refractivity contribution in [1.29, 1.82) is 0 Å². The van der Waals surface area contributed by atoms with Gasteiger partial charge in [0.15, 0.2) is 0 Å². The minimum Gasteiger partial charge on any atom is -0.337 e. The summed E-state index contributed by atoms with van der Waals surface area (Å²) < 4.78 is 1.00. The minimum atomic E-state index is -0.0271. The zero-order valence-corrected chi connectivity index (χ0v) is 13.7. The van der Waals surface area contributed by atoms with Crippen molar-refractivity contribution >= 4 is 33.4 Å². The first-order valence-corrected chi connectivity index (χ1v) is 7.42. The minimum absolute atomic E-state index is 0.0271. The number of nitrogens with zero attached hydrogens (tertiary/aromatic N) is 1. The van der Waals surface area contributed by atoms with E-state index in [1.807, 2.05) is 31.2 Å². The van der Waals surface area contributed by atoms with Gasteiger partial charge in [0.2, 0.25) is 0 Å². The lowest BCUT2D eigenvalue weighted by Gasteiger charge is -2.19. The van der Waals surface area contributed by atoms with Crippen LogP contribution in [0.4, 0.5) is 0 Å². The number of amides is 1. The van der Waals surface area contributed by atoms with Crippen molar-refractivity contribution in [2.24, 2.45) is 0 Å². The second kappa shape index (κ2) is 6.42. The van der Waals surface area contributed by atoms with Crippen LogP contribution < -0.4 is 0 Å². The van der Waals surface area contributed by atoms with Gasteiger partial charge in [-0.05, 0) is 36.2 Å². The zero-order chi connectivity index (χ0) is 14.7. The number of halogens is 2. The highest BCUT2D eigenvalue weighted by molar-refractivity contribution is 9.10. The Morgan fingerprint density at radius 1 is 1.20 bits per heavy atom. The highest BCUT2D eigenvalue weighted by atomic mass is 79.9. The number of hydrogen-bond acceptors (Lipinski definition) is 1. The quantitative estimate of drug-likeness (QED) is 0.785. The lowest BCUT2D eigenvalue weighted by Crippen LogP contribution is -2.27. The Kier molecular flexibility index (Phi) is 4.84. The molecule has 0 saturated heterocycles. The predicted octanol–water partition coefficient (Wildman–Crippen LogP) is 4.68. The molecule has 1 amide bonds. The van der Waals surface area contributed by atoms with E-state index in [0.717, 1.165) is 15.6 Å². The van der Waals surface area contributed by atoms with E-state index in [9.17, 15) is 4.79 Å². The fraction of sp³-hybridized carbons (Fsp3) is 0.188. The molecule has 104 valence electrons. The molecule has 0 atom stereocenters. The maximum atomic E-state index is 12.5. The van der Waals surface area contributed by atoms with E-state index in [2.05, 4.69) is 15.9 Å². The van der Waals surface area contributed by atoms with Crippen LogP contribution in [0.2, 0.25) is 5.02 Å². The van der Waals surface area contributed by atoms with Crippen LogP contribution in [-0.2, 0) is 6.54 Å². The zero-order valence-electron chi connectivity index (χ0n) is 11.4. The highest BCUT2D eigenvalue weighted by Crippen LogP contribution is 2.22. The van der Waals surface area contributed by atoms with Crippen LogP contribution >= 0.6 is 27.5 Å². The largest absolute Gasteiger partial charge is 0.337 e. The van der Waals surface area contributed by atoms with Crippen LogP contribution in [-0.4, -0.2) is 17.9 Å². The second-order valence-electron chi connectivity index (χ2n) is 4.67. The number of carbonyl (C=O) groups excluding carboxylic acids is 1. The summed E-state index contributed by atoms with van der Waals surface area (Å²) in [5, 5.41) is 0.616. The molecule has 0 N–H and O–H groups in total. The maximum absolute atomic E-state index is 12.5. The normalized spacial score (nSPS) is 10.4. The average Bonchev–Trinajstić information content (AvgIpc) is 2.43. The van der Waals surface area contributed by atoms with Crippen molar-refractivity contribution < 1.29 is 4.79 Å². The molecule has 0 aliphatic rings. The fourth-order valence-electron chi connectivity index (χ4n) is 2.00. The van der Waals surface area contributed by atoms with Gasteiger partial charge >= 0.3 is 0 Å². The summed E-state index contributed by atoms with van der Waals surface area (Å²) in [5.41, 5.74) is 2.54. The number of hydrogen-bond donors (Lipinski definition) is 0. The average molecular weight is 353 g/mol. The molecule has 2 aromatic carbocycles. The molecule has 0 spiro atoms. The van der Waals surface area contributed by atoms with Gasteiger partial charge in [-0.15, -0.1) is 0 Å². The monoisotopic (exact) mass is 351 g/mol. The molecule has 4 heteroatoms. The molecule has 0 aromatic heterocycles. The third kappa shape index (κ3) is 3.22. The predicted molar refractivity (Wildman–Crippen MR) is 86.1 cm³/mol. The summed E-state index contributed by atoms with van der Waals surface area (Å²) >= 11 is 9.57. The Balaban J connectivity index is 2.21. The molecule has 0 fully saturated rings. The number of benzene rings is 2. The first-order chi connectivity index (χ1) is 9.50. The van der Waals surface area contributed by atoms with Gasteiger partial charge in [-0.1, -0.05) is 51.8 Å². The Bertz CT molecular complexity index is 642. The lowest BCUT2D eigenvalue weighted by molar-refractivity contribution is 0.0784. The van der Waals surface area contributed by atoms with E-state index < -0.39 is 0 Å². The Morgan fingerprint density at radius 3 is 2.60 bits per heavy atom. The smallest absolute Gasteiger partial charge is 0.254 e. The molecule has 20 heavy (non-hydrogen) atoms. The van der Waals surface area contributed by atoms with Gasteiger partial charge in [0.1, 0.15) is 0 Å². The molecule has 2 rings (SSSR count). The molecule has 0 radical (unpaired) electrons.